The van der Waals surface area contributed by atoms with Crippen LogP contribution in [-0.4, -0.2) is 39.2 Å². The van der Waals surface area contributed by atoms with Crippen LogP contribution in [0.1, 0.15) is 32.1 Å². The van der Waals surface area contributed by atoms with Crippen molar-refractivity contribution in [1.82, 2.24) is 9.71 Å². The van der Waals surface area contributed by atoms with Crippen molar-refractivity contribution >= 4 is 15.8 Å². The molecule has 6 nitrogen and oxygen atoms in total. The summed E-state index contributed by atoms with van der Waals surface area (Å²) in [5, 5.41) is 3.33. The maximum Gasteiger partial charge on any atom is 0.240 e. The Hall–Kier alpha value is -1.18. The normalized spacial score (nSPS) is 23.0. The van der Waals surface area contributed by atoms with Crippen LogP contribution in [0, 0.1) is 5.92 Å². The van der Waals surface area contributed by atoms with Crippen LogP contribution < -0.4 is 10.0 Å². The van der Waals surface area contributed by atoms with Crippen LogP contribution in [0.5, 0.6) is 0 Å². The van der Waals surface area contributed by atoms with Crippen LogP contribution in [-0.2, 0) is 14.8 Å². The van der Waals surface area contributed by atoms with Gasteiger partial charge in [-0.1, -0.05) is 0 Å². The molecular weight excluding hydrogens is 302 g/mol. The van der Waals surface area contributed by atoms with E-state index in [1.807, 2.05) is 0 Å². The third kappa shape index (κ3) is 4.41. The summed E-state index contributed by atoms with van der Waals surface area (Å²) in [5.74, 6) is 1.13. The van der Waals surface area contributed by atoms with Gasteiger partial charge in [0, 0.05) is 38.1 Å². The van der Waals surface area contributed by atoms with Gasteiger partial charge >= 0.3 is 0 Å². The van der Waals surface area contributed by atoms with E-state index in [1.54, 1.807) is 12.3 Å². The molecule has 1 unspecified atom stereocenters. The molecule has 1 aliphatic heterocycles. The smallest absolute Gasteiger partial charge is 0.240 e. The van der Waals surface area contributed by atoms with E-state index in [2.05, 4.69) is 15.0 Å². The fourth-order valence-corrected chi connectivity index (χ4v) is 3.68. The predicted molar refractivity (Wildman–Crippen MR) is 84.2 cm³/mol. The van der Waals surface area contributed by atoms with Gasteiger partial charge in [-0.2, -0.15) is 0 Å². The number of pyridine rings is 1. The average Bonchev–Trinajstić information content (AvgIpc) is 3.33. The van der Waals surface area contributed by atoms with Crippen molar-refractivity contribution in [1.29, 1.82) is 0 Å². The third-order valence-corrected chi connectivity index (χ3v) is 5.53. The molecule has 1 aromatic heterocycles. The zero-order valence-corrected chi connectivity index (χ0v) is 13.4. The number of rotatable bonds is 6. The van der Waals surface area contributed by atoms with Gasteiger partial charge in [0.15, 0.2) is 0 Å². The number of ether oxygens (including phenoxy) is 1. The van der Waals surface area contributed by atoms with Crippen LogP contribution in [0.4, 0.5) is 5.82 Å². The van der Waals surface area contributed by atoms with E-state index in [0.717, 1.165) is 45.3 Å². The van der Waals surface area contributed by atoms with Crippen LogP contribution in [0.25, 0.3) is 0 Å². The highest BCUT2D eigenvalue weighted by molar-refractivity contribution is 7.89. The van der Waals surface area contributed by atoms with Crippen molar-refractivity contribution in [2.75, 3.05) is 25.1 Å². The molecule has 0 aromatic carbocycles. The number of nitrogens with one attached hydrogen (secondary N) is 2. The molecule has 22 heavy (non-hydrogen) atoms. The van der Waals surface area contributed by atoms with Crippen molar-refractivity contribution in [3.05, 3.63) is 18.3 Å². The van der Waals surface area contributed by atoms with E-state index in [4.69, 9.17) is 4.74 Å². The molecule has 2 heterocycles. The summed E-state index contributed by atoms with van der Waals surface area (Å²) >= 11 is 0. The lowest BCUT2D eigenvalue weighted by Crippen LogP contribution is -2.26. The zero-order valence-electron chi connectivity index (χ0n) is 12.6. The lowest BCUT2D eigenvalue weighted by Gasteiger charge is -2.16. The Balaban J connectivity index is 1.65. The lowest BCUT2D eigenvalue weighted by molar-refractivity contribution is 0.144. The van der Waals surface area contributed by atoms with Gasteiger partial charge in [0.1, 0.15) is 5.82 Å². The molecule has 3 rings (SSSR count). The SMILES string of the molecule is O=S(=O)(NCC1CC1)c1ccnc(NC2CCCOCC2)c1. The molecule has 2 N–H and O–H groups in total. The monoisotopic (exact) mass is 325 g/mol. The number of anilines is 1. The Morgan fingerprint density at radius 2 is 2.09 bits per heavy atom. The highest BCUT2D eigenvalue weighted by Crippen LogP contribution is 2.28. The standard InChI is InChI=1S/C15H23N3O3S/c19-22(20,17-11-12-3-4-12)14-5-7-16-15(10-14)18-13-2-1-8-21-9-6-13/h5,7,10,12-13,17H,1-4,6,8-9,11H2,(H,16,18). The summed E-state index contributed by atoms with van der Waals surface area (Å²) in [6.45, 7) is 2.07. The van der Waals surface area contributed by atoms with Crippen LogP contribution in [0.15, 0.2) is 23.2 Å². The summed E-state index contributed by atoms with van der Waals surface area (Å²) in [4.78, 5) is 4.51. The first-order chi connectivity index (χ1) is 10.6. The highest BCUT2D eigenvalue weighted by atomic mass is 32.2. The van der Waals surface area contributed by atoms with E-state index < -0.39 is 10.0 Å². The van der Waals surface area contributed by atoms with Gasteiger partial charge in [-0.25, -0.2) is 18.1 Å². The van der Waals surface area contributed by atoms with Gasteiger partial charge in [0.2, 0.25) is 10.0 Å². The van der Waals surface area contributed by atoms with Crippen molar-refractivity contribution < 1.29 is 13.2 Å². The molecule has 0 spiro atoms. The second-order valence-electron chi connectivity index (χ2n) is 6.06. The second kappa shape index (κ2) is 6.93. The quantitative estimate of drug-likeness (QED) is 0.833. The maximum atomic E-state index is 12.3. The minimum Gasteiger partial charge on any atom is -0.381 e. The fraction of sp³-hybridized carbons (Fsp3) is 0.667. The first kappa shape index (κ1) is 15.7. The van der Waals surface area contributed by atoms with Gasteiger partial charge in [0.05, 0.1) is 4.90 Å². The van der Waals surface area contributed by atoms with Crippen LogP contribution in [0.3, 0.4) is 0 Å². The number of sulfonamides is 1. The van der Waals surface area contributed by atoms with Crippen molar-refractivity contribution in [3.63, 3.8) is 0 Å². The fourth-order valence-electron chi connectivity index (χ4n) is 2.55. The molecule has 1 aliphatic carbocycles. The molecule has 0 bridgehead atoms. The van der Waals surface area contributed by atoms with Gasteiger partial charge in [-0.05, 0) is 44.1 Å². The summed E-state index contributed by atoms with van der Waals surface area (Å²) in [7, 11) is -3.44. The van der Waals surface area contributed by atoms with Gasteiger partial charge < -0.3 is 10.1 Å². The second-order valence-corrected chi connectivity index (χ2v) is 7.82. The molecule has 1 saturated carbocycles. The average molecular weight is 325 g/mol. The van der Waals surface area contributed by atoms with Crippen molar-refractivity contribution in [3.8, 4) is 0 Å². The third-order valence-electron chi connectivity index (χ3n) is 4.10. The predicted octanol–water partition coefficient (Wildman–Crippen LogP) is 1.75. The summed E-state index contributed by atoms with van der Waals surface area (Å²) < 4.78 is 32.7. The van der Waals surface area contributed by atoms with Gasteiger partial charge in [-0.15, -0.1) is 0 Å². The zero-order chi connectivity index (χ0) is 15.4. The first-order valence-corrected chi connectivity index (χ1v) is 9.42. The van der Waals surface area contributed by atoms with Gasteiger partial charge in [0.25, 0.3) is 0 Å². The van der Waals surface area contributed by atoms with E-state index in [9.17, 15) is 8.42 Å². The summed E-state index contributed by atoms with van der Waals surface area (Å²) in [6.07, 6.45) is 6.72. The Morgan fingerprint density at radius 1 is 1.23 bits per heavy atom. The molecule has 0 radical (unpaired) electrons. The Kier molecular flexibility index (Phi) is 4.95. The van der Waals surface area contributed by atoms with E-state index in [1.165, 1.54) is 6.07 Å². The van der Waals surface area contributed by atoms with Crippen LogP contribution >= 0.6 is 0 Å². The molecule has 1 saturated heterocycles. The largest absolute Gasteiger partial charge is 0.381 e. The molecular formula is C15H23N3O3S. The molecule has 1 atom stereocenters. The Bertz CT molecular complexity index is 594. The van der Waals surface area contributed by atoms with E-state index in [0.29, 0.717) is 18.3 Å². The van der Waals surface area contributed by atoms with Gasteiger partial charge in [-0.3, -0.25) is 0 Å². The molecule has 2 aliphatic rings. The number of hydrogen-bond donors (Lipinski definition) is 2. The number of hydrogen-bond acceptors (Lipinski definition) is 5. The Labute approximate surface area is 131 Å². The number of aromatic nitrogens is 1. The topological polar surface area (TPSA) is 80.3 Å². The minimum atomic E-state index is -3.44. The van der Waals surface area contributed by atoms with Crippen molar-refractivity contribution in [2.24, 2.45) is 5.92 Å². The van der Waals surface area contributed by atoms with E-state index >= 15 is 0 Å². The number of nitrogens with zero attached hydrogens (tertiary/aromatic N) is 1. The summed E-state index contributed by atoms with van der Waals surface area (Å²) in [6, 6.07) is 3.44. The molecule has 0 amide bonds. The summed E-state index contributed by atoms with van der Waals surface area (Å²) in [5.41, 5.74) is 0. The molecule has 2 fully saturated rings. The lowest BCUT2D eigenvalue weighted by atomic mass is 10.1. The highest BCUT2D eigenvalue weighted by Gasteiger charge is 2.24. The first-order valence-electron chi connectivity index (χ1n) is 7.93. The Morgan fingerprint density at radius 3 is 2.91 bits per heavy atom. The maximum absolute atomic E-state index is 12.3. The molecule has 122 valence electrons. The molecule has 7 heteroatoms. The minimum absolute atomic E-state index is 0.274. The van der Waals surface area contributed by atoms with Crippen molar-refractivity contribution in [2.45, 2.75) is 43.0 Å². The van der Waals surface area contributed by atoms with Crippen LogP contribution in [0.2, 0.25) is 0 Å². The molecule has 1 aromatic rings. The van der Waals surface area contributed by atoms with E-state index in [-0.39, 0.29) is 10.9 Å².